The Kier molecular flexibility index (Phi) is 15.5. The van der Waals surface area contributed by atoms with E-state index in [0.29, 0.717) is 6.61 Å². The summed E-state index contributed by atoms with van der Waals surface area (Å²) in [6.45, 7) is 1.43. The molecular weight excluding hydrogens is 195 g/mol. The normalized spacial score (nSPS) is 10.1. The van der Waals surface area contributed by atoms with Crippen molar-refractivity contribution in [2.24, 2.45) is 0 Å². The van der Waals surface area contributed by atoms with E-state index in [1.807, 2.05) is 0 Å². The molecule has 0 fully saturated rings. The van der Waals surface area contributed by atoms with E-state index in [1.165, 1.54) is 0 Å². The van der Waals surface area contributed by atoms with E-state index in [1.54, 1.807) is 0 Å². The van der Waals surface area contributed by atoms with Crippen molar-refractivity contribution in [2.75, 3.05) is 34.3 Å². The summed E-state index contributed by atoms with van der Waals surface area (Å²) < 4.78 is 15.2. The third-order valence-electron chi connectivity index (χ3n) is 0.906. The molecular formula is C5H15ClNNaO2P+. The summed E-state index contributed by atoms with van der Waals surface area (Å²) in [6.07, 6.45) is 0. The van der Waals surface area contributed by atoms with Crippen LogP contribution in [-0.2, 0) is 9.09 Å². The van der Waals surface area contributed by atoms with E-state index in [4.69, 9.17) is 0 Å². The van der Waals surface area contributed by atoms with Gasteiger partial charge in [-0.25, -0.2) is 4.57 Å². The van der Waals surface area contributed by atoms with E-state index in [-0.39, 0.29) is 50.7 Å². The number of hydrogen-bond acceptors (Lipinski definition) is 2. The Bertz CT molecular complexity index is 99.0. The van der Waals surface area contributed by atoms with Crippen LogP contribution >= 0.6 is 21.1 Å². The molecule has 3 nitrogen and oxygen atoms in total. The zero-order chi connectivity index (χ0) is 7.33. The number of hydrogen-bond donors (Lipinski definition) is 0. The summed E-state index contributed by atoms with van der Waals surface area (Å²) >= 11 is 0. The predicted molar refractivity (Wildman–Crippen MR) is 50.9 cm³/mol. The molecule has 6 heteroatoms. The van der Waals surface area contributed by atoms with E-state index in [9.17, 15) is 4.57 Å². The Morgan fingerprint density at radius 2 is 1.82 bits per heavy atom. The fraction of sp³-hybridized carbons (Fsp3) is 1.00. The van der Waals surface area contributed by atoms with Crippen molar-refractivity contribution in [3.63, 3.8) is 0 Å². The van der Waals surface area contributed by atoms with Gasteiger partial charge in [0.25, 0.3) is 0 Å². The average molecular weight is 211 g/mol. The fourth-order valence-electron chi connectivity index (χ4n) is 0.352. The zero-order valence-corrected chi connectivity index (χ0v) is 8.24. The van der Waals surface area contributed by atoms with Crippen LogP contribution in [-0.4, -0.2) is 68.3 Å². The number of rotatable bonds is 4. The maximum atomic E-state index is 9.76. The monoisotopic (exact) mass is 210 g/mol. The second-order valence-corrected chi connectivity index (χ2v) is 3.33. The van der Waals surface area contributed by atoms with Gasteiger partial charge in [0.05, 0.1) is 21.1 Å². The van der Waals surface area contributed by atoms with Gasteiger partial charge in [-0.1, -0.05) is 0 Å². The first-order chi connectivity index (χ1) is 4.06. The Hall–Kier alpha value is 1.31. The Morgan fingerprint density at radius 3 is 2.09 bits per heavy atom. The molecule has 0 aliphatic carbocycles. The summed E-state index contributed by atoms with van der Waals surface area (Å²) in [5.41, 5.74) is 0. The van der Waals surface area contributed by atoms with Crippen molar-refractivity contribution in [3.05, 3.63) is 0 Å². The van der Waals surface area contributed by atoms with Crippen molar-refractivity contribution < 1.29 is 13.6 Å². The van der Waals surface area contributed by atoms with Crippen LogP contribution in [0.4, 0.5) is 0 Å². The molecule has 0 spiro atoms. The number of likely N-dealkylation sites (N-methyl/N-ethyl adjacent to an activating group) is 1. The van der Waals surface area contributed by atoms with Crippen LogP contribution in [0.15, 0.2) is 0 Å². The van der Waals surface area contributed by atoms with Crippen LogP contribution in [0.25, 0.3) is 0 Å². The number of quaternary nitrogens is 1. The first-order valence-corrected chi connectivity index (χ1v) is 3.54. The molecule has 0 heterocycles. The third-order valence-corrected chi connectivity index (χ3v) is 1.19. The van der Waals surface area contributed by atoms with Gasteiger partial charge in [-0.2, -0.15) is 0 Å². The minimum atomic E-state index is -0.217. The van der Waals surface area contributed by atoms with Gasteiger partial charge in [-0.15, -0.1) is 12.4 Å². The van der Waals surface area contributed by atoms with Crippen LogP contribution in [0.2, 0.25) is 0 Å². The molecule has 0 aromatic carbocycles. The fourth-order valence-corrected chi connectivity index (χ4v) is 0.508. The minimum absolute atomic E-state index is 0. The molecule has 0 atom stereocenters. The van der Waals surface area contributed by atoms with Crippen LogP contribution in [0.5, 0.6) is 0 Å². The molecule has 11 heavy (non-hydrogen) atoms. The standard InChI is InChI=1S/C5H13NO2P.ClH.Na.H/c1-6(2,3)4-5-8-9-7;;;/h4-5H2,1-3H3;1H;;/q+1;;;. The summed E-state index contributed by atoms with van der Waals surface area (Å²) in [7, 11) is 5.96. The Morgan fingerprint density at radius 1 is 1.36 bits per heavy atom. The molecule has 0 rings (SSSR count). The predicted octanol–water partition coefficient (Wildman–Crippen LogP) is 0.689. The molecule has 0 aromatic heterocycles. The molecule has 0 N–H and O–H groups in total. The SMILES string of the molecule is C[N+](C)(C)CCOP=O.Cl.[NaH]. The molecule has 0 unspecified atom stereocenters. The van der Waals surface area contributed by atoms with E-state index in [0.717, 1.165) is 11.0 Å². The van der Waals surface area contributed by atoms with Crippen molar-refractivity contribution in [1.82, 2.24) is 0 Å². The van der Waals surface area contributed by atoms with Crippen molar-refractivity contribution in [2.45, 2.75) is 0 Å². The van der Waals surface area contributed by atoms with Gasteiger partial charge in [0.2, 0.25) is 0 Å². The maximum absolute atomic E-state index is 9.76. The zero-order valence-electron chi connectivity index (χ0n) is 6.53. The second kappa shape index (κ2) is 9.40. The molecule has 0 aliphatic heterocycles. The van der Waals surface area contributed by atoms with Crippen LogP contribution in [0.3, 0.4) is 0 Å². The first kappa shape index (κ1) is 18.2. The first-order valence-electron chi connectivity index (χ1n) is 2.81. The Labute approximate surface area is 98.1 Å². The van der Waals surface area contributed by atoms with Crippen LogP contribution in [0, 0.1) is 0 Å². The molecule has 0 radical (unpaired) electrons. The quantitative estimate of drug-likeness (QED) is 0.295. The average Bonchev–Trinajstić information content (AvgIpc) is 1.63. The van der Waals surface area contributed by atoms with Crippen LogP contribution in [0.1, 0.15) is 0 Å². The van der Waals surface area contributed by atoms with Gasteiger partial charge >= 0.3 is 38.2 Å². The van der Waals surface area contributed by atoms with Gasteiger partial charge < -0.3 is 4.48 Å². The Balaban J connectivity index is -0.000000320. The summed E-state index contributed by atoms with van der Waals surface area (Å²) in [6, 6.07) is 0. The van der Waals surface area contributed by atoms with Crippen molar-refractivity contribution >= 4 is 50.7 Å². The number of nitrogens with zero attached hydrogens (tertiary/aromatic N) is 1. The molecule has 0 bridgehead atoms. The van der Waals surface area contributed by atoms with Gasteiger partial charge in [-0.3, -0.25) is 4.52 Å². The van der Waals surface area contributed by atoms with Gasteiger partial charge in [0.15, 0.2) is 0 Å². The van der Waals surface area contributed by atoms with E-state index < -0.39 is 0 Å². The van der Waals surface area contributed by atoms with Gasteiger partial charge in [-0.05, 0) is 0 Å². The van der Waals surface area contributed by atoms with Crippen LogP contribution < -0.4 is 0 Å². The molecule has 0 aliphatic rings. The van der Waals surface area contributed by atoms with Crippen molar-refractivity contribution in [1.29, 1.82) is 0 Å². The number of halogens is 1. The summed E-state index contributed by atoms with van der Waals surface area (Å²) in [5, 5.41) is 0. The second-order valence-electron chi connectivity index (χ2n) is 2.92. The van der Waals surface area contributed by atoms with Gasteiger partial charge in [0, 0.05) is 0 Å². The molecule has 64 valence electrons. The van der Waals surface area contributed by atoms with E-state index in [2.05, 4.69) is 25.7 Å². The third kappa shape index (κ3) is 18.3. The van der Waals surface area contributed by atoms with Gasteiger partial charge in [0.1, 0.15) is 13.2 Å². The molecule has 0 aromatic rings. The van der Waals surface area contributed by atoms with E-state index >= 15 is 0 Å². The topological polar surface area (TPSA) is 26.3 Å². The summed E-state index contributed by atoms with van der Waals surface area (Å²) in [4.78, 5) is 0. The molecule has 0 saturated heterocycles. The summed E-state index contributed by atoms with van der Waals surface area (Å²) in [5.74, 6) is 0. The van der Waals surface area contributed by atoms with Crippen molar-refractivity contribution in [3.8, 4) is 0 Å². The molecule has 0 saturated carbocycles. The molecule has 0 amide bonds.